The summed E-state index contributed by atoms with van der Waals surface area (Å²) in [5, 5.41) is 12.1. The maximum absolute atomic E-state index is 10.6. The minimum atomic E-state index is -0.669. The second kappa shape index (κ2) is 7.71. The van der Waals surface area contributed by atoms with E-state index in [9.17, 15) is 4.21 Å². The van der Waals surface area contributed by atoms with Crippen LogP contribution in [0, 0.1) is 0 Å². The molecule has 0 bridgehead atoms. The van der Waals surface area contributed by atoms with Gasteiger partial charge in [0.25, 0.3) is 0 Å². The van der Waals surface area contributed by atoms with Crippen molar-refractivity contribution >= 4 is 10.8 Å². The SMILES string of the molecule is CC(O)CCNCCCS(C)=O. The third-order valence-electron chi connectivity index (χ3n) is 1.52. The number of rotatable bonds is 7. The van der Waals surface area contributed by atoms with Gasteiger partial charge < -0.3 is 10.4 Å². The second-order valence-electron chi connectivity index (χ2n) is 3.02. The van der Waals surface area contributed by atoms with Crippen molar-refractivity contribution in [1.29, 1.82) is 0 Å². The molecule has 0 amide bonds. The molecule has 0 radical (unpaired) electrons. The van der Waals surface area contributed by atoms with Crippen molar-refractivity contribution in [3.05, 3.63) is 0 Å². The molecule has 0 aliphatic rings. The molecular weight excluding hydrogens is 174 g/mol. The molecule has 74 valence electrons. The fraction of sp³-hybridized carbons (Fsp3) is 1.00. The van der Waals surface area contributed by atoms with Gasteiger partial charge in [-0.15, -0.1) is 0 Å². The van der Waals surface area contributed by atoms with Crippen LogP contribution in [-0.4, -0.2) is 40.5 Å². The summed E-state index contributed by atoms with van der Waals surface area (Å²) in [6.45, 7) is 3.52. The van der Waals surface area contributed by atoms with E-state index in [-0.39, 0.29) is 6.10 Å². The normalized spacial score (nSPS) is 15.9. The van der Waals surface area contributed by atoms with Crippen LogP contribution >= 0.6 is 0 Å². The van der Waals surface area contributed by atoms with Gasteiger partial charge in [-0.2, -0.15) is 0 Å². The Morgan fingerprint density at radius 3 is 2.67 bits per heavy atom. The Labute approximate surface area is 77.0 Å². The quantitative estimate of drug-likeness (QED) is 0.564. The van der Waals surface area contributed by atoms with Crippen LogP contribution in [0.1, 0.15) is 19.8 Å². The first-order chi connectivity index (χ1) is 5.63. The third kappa shape index (κ3) is 10.1. The van der Waals surface area contributed by atoms with E-state index in [2.05, 4.69) is 5.32 Å². The first kappa shape index (κ1) is 12.1. The zero-order valence-electron chi connectivity index (χ0n) is 7.88. The summed E-state index contributed by atoms with van der Waals surface area (Å²) >= 11 is 0. The molecule has 2 atom stereocenters. The number of aliphatic hydroxyl groups excluding tert-OH is 1. The summed E-state index contributed by atoms with van der Waals surface area (Å²) in [6.07, 6.45) is 3.23. The van der Waals surface area contributed by atoms with E-state index in [0.29, 0.717) is 0 Å². The summed E-state index contributed by atoms with van der Waals surface area (Å²) in [5.41, 5.74) is 0. The maximum Gasteiger partial charge on any atom is 0.0524 e. The monoisotopic (exact) mass is 193 g/mol. The molecule has 0 aliphatic carbocycles. The molecule has 0 aromatic rings. The van der Waals surface area contributed by atoms with E-state index in [1.807, 2.05) is 0 Å². The predicted octanol–water partition coefficient (Wildman–Crippen LogP) is 0.115. The van der Waals surface area contributed by atoms with Crippen LogP contribution in [0.15, 0.2) is 0 Å². The Morgan fingerprint density at radius 2 is 2.17 bits per heavy atom. The maximum atomic E-state index is 10.6. The van der Waals surface area contributed by atoms with E-state index in [0.717, 1.165) is 31.7 Å². The number of hydrogen-bond donors (Lipinski definition) is 2. The van der Waals surface area contributed by atoms with Crippen LogP contribution in [0.2, 0.25) is 0 Å². The molecule has 0 aromatic heterocycles. The van der Waals surface area contributed by atoms with E-state index in [4.69, 9.17) is 5.11 Å². The molecule has 3 nitrogen and oxygen atoms in total. The molecule has 0 aliphatic heterocycles. The lowest BCUT2D eigenvalue weighted by Crippen LogP contribution is -2.21. The standard InChI is InChI=1S/C8H19NO2S/c1-8(10)4-6-9-5-3-7-12(2)11/h8-10H,3-7H2,1-2H3. The summed E-state index contributed by atoms with van der Waals surface area (Å²) < 4.78 is 10.6. The Balaban J connectivity index is 2.96. The summed E-state index contributed by atoms with van der Waals surface area (Å²) in [4.78, 5) is 0. The van der Waals surface area contributed by atoms with Crippen LogP contribution < -0.4 is 5.32 Å². The lowest BCUT2D eigenvalue weighted by molar-refractivity contribution is 0.184. The van der Waals surface area contributed by atoms with Gasteiger partial charge >= 0.3 is 0 Å². The van der Waals surface area contributed by atoms with Gasteiger partial charge in [0, 0.05) is 22.8 Å². The van der Waals surface area contributed by atoms with Crippen molar-refractivity contribution in [2.24, 2.45) is 0 Å². The first-order valence-electron chi connectivity index (χ1n) is 4.31. The Morgan fingerprint density at radius 1 is 1.50 bits per heavy atom. The van der Waals surface area contributed by atoms with Crippen molar-refractivity contribution < 1.29 is 9.32 Å². The zero-order chi connectivity index (χ0) is 9.40. The summed E-state index contributed by atoms with van der Waals surface area (Å²) in [5.74, 6) is 0.766. The third-order valence-corrected chi connectivity index (χ3v) is 2.39. The molecule has 2 N–H and O–H groups in total. The Bertz CT molecular complexity index is 128. The predicted molar refractivity (Wildman–Crippen MR) is 52.7 cm³/mol. The minimum absolute atomic E-state index is 0.224. The van der Waals surface area contributed by atoms with E-state index < -0.39 is 10.8 Å². The van der Waals surface area contributed by atoms with Crippen LogP contribution in [-0.2, 0) is 10.8 Å². The van der Waals surface area contributed by atoms with Crippen molar-refractivity contribution in [3.8, 4) is 0 Å². The van der Waals surface area contributed by atoms with Crippen molar-refractivity contribution in [1.82, 2.24) is 5.32 Å². The molecule has 0 saturated heterocycles. The number of aliphatic hydroxyl groups is 1. The minimum Gasteiger partial charge on any atom is -0.393 e. The molecule has 0 aromatic carbocycles. The first-order valence-corrected chi connectivity index (χ1v) is 6.04. The lowest BCUT2D eigenvalue weighted by atomic mass is 10.3. The smallest absolute Gasteiger partial charge is 0.0524 e. The highest BCUT2D eigenvalue weighted by Crippen LogP contribution is 1.86. The van der Waals surface area contributed by atoms with E-state index >= 15 is 0 Å². The van der Waals surface area contributed by atoms with Gasteiger partial charge in [0.1, 0.15) is 0 Å². The molecule has 2 unspecified atom stereocenters. The molecule has 0 spiro atoms. The van der Waals surface area contributed by atoms with Crippen LogP contribution in [0.5, 0.6) is 0 Å². The van der Waals surface area contributed by atoms with Gasteiger partial charge in [0.2, 0.25) is 0 Å². The number of hydrogen-bond acceptors (Lipinski definition) is 3. The fourth-order valence-corrected chi connectivity index (χ4v) is 1.39. The average Bonchev–Trinajstić information content (AvgIpc) is 1.95. The van der Waals surface area contributed by atoms with Gasteiger partial charge in [-0.1, -0.05) is 0 Å². The zero-order valence-corrected chi connectivity index (χ0v) is 8.69. The van der Waals surface area contributed by atoms with Crippen LogP contribution in [0.3, 0.4) is 0 Å². The molecule has 4 heteroatoms. The summed E-state index contributed by atoms with van der Waals surface area (Å²) in [7, 11) is -0.669. The Kier molecular flexibility index (Phi) is 7.75. The molecule has 0 saturated carbocycles. The van der Waals surface area contributed by atoms with Crippen molar-refractivity contribution in [3.63, 3.8) is 0 Å². The van der Waals surface area contributed by atoms with Gasteiger partial charge in [-0.3, -0.25) is 4.21 Å². The topological polar surface area (TPSA) is 49.3 Å². The van der Waals surface area contributed by atoms with E-state index in [1.165, 1.54) is 0 Å². The average molecular weight is 193 g/mol. The van der Waals surface area contributed by atoms with Gasteiger partial charge in [-0.25, -0.2) is 0 Å². The molecular formula is C8H19NO2S. The highest BCUT2D eigenvalue weighted by Gasteiger charge is 1.94. The second-order valence-corrected chi connectivity index (χ2v) is 4.57. The largest absolute Gasteiger partial charge is 0.393 e. The molecule has 12 heavy (non-hydrogen) atoms. The van der Waals surface area contributed by atoms with E-state index in [1.54, 1.807) is 13.2 Å². The fourth-order valence-electron chi connectivity index (χ4n) is 0.836. The van der Waals surface area contributed by atoms with Crippen molar-refractivity contribution in [2.75, 3.05) is 25.1 Å². The highest BCUT2D eigenvalue weighted by atomic mass is 32.2. The number of nitrogens with one attached hydrogen (secondary N) is 1. The molecule has 0 rings (SSSR count). The van der Waals surface area contributed by atoms with Crippen LogP contribution in [0.4, 0.5) is 0 Å². The van der Waals surface area contributed by atoms with Gasteiger partial charge in [-0.05, 0) is 32.9 Å². The van der Waals surface area contributed by atoms with Gasteiger partial charge in [0.05, 0.1) is 6.10 Å². The molecule has 0 heterocycles. The lowest BCUT2D eigenvalue weighted by Gasteiger charge is -2.05. The van der Waals surface area contributed by atoms with Crippen molar-refractivity contribution in [2.45, 2.75) is 25.9 Å². The highest BCUT2D eigenvalue weighted by molar-refractivity contribution is 7.84. The van der Waals surface area contributed by atoms with Gasteiger partial charge in [0.15, 0.2) is 0 Å². The van der Waals surface area contributed by atoms with Crippen LogP contribution in [0.25, 0.3) is 0 Å². The Hall–Kier alpha value is 0.0700. The summed E-state index contributed by atoms with van der Waals surface area (Å²) in [6, 6.07) is 0. The molecule has 0 fully saturated rings.